The molecule has 0 unspecified atom stereocenters. The number of benzene rings is 2. The molecule has 0 heterocycles. The van der Waals surface area contributed by atoms with Crippen molar-refractivity contribution in [3.8, 4) is 5.75 Å². The standard InChI is InChI=1S/C17H14NO6P/c19-16(11-7-13-5-9-15(10-6-13)18(20)21)12-8-14-3-1-2-4-17(14)24-25(22)23/h1-12,22-23H/b11-7+,12-8+. The zero-order valence-corrected chi connectivity index (χ0v) is 13.7. The molecule has 2 aromatic carbocycles. The molecular weight excluding hydrogens is 345 g/mol. The van der Waals surface area contributed by atoms with Crippen molar-refractivity contribution in [1.82, 2.24) is 0 Å². The number of rotatable bonds is 7. The number of carbonyl (C=O) groups is 1. The molecule has 2 aromatic rings. The van der Waals surface area contributed by atoms with E-state index in [1.165, 1.54) is 30.4 Å². The normalized spacial score (nSPS) is 11.3. The van der Waals surface area contributed by atoms with Gasteiger partial charge in [-0.15, -0.1) is 0 Å². The van der Waals surface area contributed by atoms with E-state index in [1.54, 1.807) is 42.5 Å². The predicted molar refractivity (Wildman–Crippen MR) is 94.6 cm³/mol. The first-order valence-corrected chi connectivity index (χ1v) is 8.21. The van der Waals surface area contributed by atoms with Crippen molar-refractivity contribution in [2.45, 2.75) is 0 Å². The van der Waals surface area contributed by atoms with Gasteiger partial charge in [-0.05, 0) is 42.0 Å². The lowest BCUT2D eigenvalue weighted by Crippen LogP contribution is -1.89. The summed E-state index contributed by atoms with van der Waals surface area (Å²) in [5.41, 5.74) is 1.16. The van der Waals surface area contributed by atoms with Crippen LogP contribution in [0.2, 0.25) is 0 Å². The van der Waals surface area contributed by atoms with Gasteiger partial charge in [0.1, 0.15) is 5.75 Å². The molecule has 0 aliphatic heterocycles. The Morgan fingerprint density at radius 3 is 2.32 bits per heavy atom. The molecule has 0 fully saturated rings. The first-order chi connectivity index (χ1) is 12.0. The molecule has 25 heavy (non-hydrogen) atoms. The molecular formula is C17H14NO6P. The lowest BCUT2D eigenvalue weighted by Gasteiger charge is -2.07. The number of ketones is 1. The van der Waals surface area contributed by atoms with Gasteiger partial charge in [-0.2, -0.15) is 0 Å². The Bertz CT molecular complexity index is 814. The molecule has 0 saturated heterocycles. The van der Waals surface area contributed by atoms with Gasteiger partial charge in [-0.3, -0.25) is 14.9 Å². The molecule has 0 spiro atoms. The molecule has 7 nitrogen and oxygen atoms in total. The number of nitrogens with zero attached hydrogens (tertiary/aromatic N) is 1. The van der Waals surface area contributed by atoms with Crippen LogP contribution in [-0.4, -0.2) is 20.5 Å². The second kappa shape index (κ2) is 8.84. The van der Waals surface area contributed by atoms with Gasteiger partial charge in [-0.25, -0.2) is 0 Å². The van der Waals surface area contributed by atoms with Crippen LogP contribution < -0.4 is 4.52 Å². The second-order valence-corrected chi connectivity index (χ2v) is 5.49. The van der Waals surface area contributed by atoms with Crippen molar-refractivity contribution >= 4 is 32.2 Å². The fraction of sp³-hybridized carbons (Fsp3) is 0. The number of nitro benzene ring substituents is 1. The van der Waals surface area contributed by atoms with Crippen LogP contribution >= 0.6 is 8.60 Å². The monoisotopic (exact) mass is 359 g/mol. The summed E-state index contributed by atoms with van der Waals surface area (Å²) in [4.78, 5) is 39.8. The summed E-state index contributed by atoms with van der Waals surface area (Å²) in [6.45, 7) is 0. The first kappa shape index (κ1) is 18.5. The average molecular weight is 359 g/mol. The summed E-state index contributed by atoms with van der Waals surface area (Å²) in [5, 5.41) is 10.6. The van der Waals surface area contributed by atoms with Crippen molar-refractivity contribution in [2.75, 3.05) is 0 Å². The summed E-state index contributed by atoms with van der Waals surface area (Å²) in [7, 11) is -2.54. The highest BCUT2D eigenvalue weighted by atomic mass is 31.2. The third-order valence-electron chi connectivity index (χ3n) is 3.07. The van der Waals surface area contributed by atoms with Crippen LogP contribution in [0.4, 0.5) is 5.69 Å². The summed E-state index contributed by atoms with van der Waals surface area (Å²) in [5.74, 6) is -0.0505. The molecule has 0 aliphatic carbocycles. The van der Waals surface area contributed by atoms with Crippen molar-refractivity contribution in [3.63, 3.8) is 0 Å². The highest BCUT2D eigenvalue weighted by molar-refractivity contribution is 7.39. The SMILES string of the molecule is O=C(/C=C/c1ccc([N+](=O)[O-])cc1)/C=C/c1ccccc1OP(O)O. The van der Waals surface area contributed by atoms with E-state index >= 15 is 0 Å². The van der Waals surface area contributed by atoms with E-state index in [0.717, 1.165) is 0 Å². The summed E-state index contributed by atoms with van der Waals surface area (Å²) >= 11 is 0. The highest BCUT2D eigenvalue weighted by Crippen LogP contribution is 2.31. The second-order valence-electron chi connectivity index (χ2n) is 4.80. The smallest absolute Gasteiger partial charge is 0.391 e. The number of allylic oxidation sites excluding steroid dienone is 2. The van der Waals surface area contributed by atoms with E-state index < -0.39 is 13.5 Å². The lowest BCUT2D eigenvalue weighted by molar-refractivity contribution is -0.384. The van der Waals surface area contributed by atoms with Gasteiger partial charge in [0, 0.05) is 17.7 Å². The van der Waals surface area contributed by atoms with Crippen LogP contribution in [0, 0.1) is 10.1 Å². The van der Waals surface area contributed by atoms with E-state index in [-0.39, 0.29) is 17.2 Å². The van der Waals surface area contributed by atoms with Gasteiger partial charge < -0.3 is 14.3 Å². The summed E-state index contributed by atoms with van der Waals surface area (Å²) < 4.78 is 4.88. The minimum absolute atomic E-state index is 0.0206. The van der Waals surface area contributed by atoms with Crippen molar-refractivity contribution in [3.05, 3.63) is 81.9 Å². The molecule has 0 bridgehead atoms. The van der Waals surface area contributed by atoms with Crippen LogP contribution in [0.25, 0.3) is 12.2 Å². The molecule has 2 N–H and O–H groups in total. The van der Waals surface area contributed by atoms with E-state index in [0.29, 0.717) is 11.1 Å². The van der Waals surface area contributed by atoms with Crippen LogP contribution in [0.5, 0.6) is 5.75 Å². The van der Waals surface area contributed by atoms with Crippen LogP contribution in [-0.2, 0) is 4.79 Å². The summed E-state index contributed by atoms with van der Waals surface area (Å²) in [6.07, 6.45) is 5.67. The predicted octanol–water partition coefficient (Wildman–Crippen LogP) is 3.48. The minimum Gasteiger partial charge on any atom is -0.426 e. The molecule has 0 amide bonds. The molecule has 2 rings (SSSR count). The van der Waals surface area contributed by atoms with Crippen LogP contribution in [0.3, 0.4) is 0 Å². The Morgan fingerprint density at radius 2 is 1.68 bits per heavy atom. The van der Waals surface area contributed by atoms with E-state index in [2.05, 4.69) is 0 Å². The maximum Gasteiger partial charge on any atom is 0.391 e. The van der Waals surface area contributed by atoms with Crippen molar-refractivity contribution < 1.29 is 24.0 Å². The number of nitro groups is 1. The molecule has 0 saturated carbocycles. The number of para-hydroxylation sites is 1. The van der Waals surface area contributed by atoms with Crippen molar-refractivity contribution in [2.24, 2.45) is 0 Å². The third kappa shape index (κ3) is 5.93. The van der Waals surface area contributed by atoms with Gasteiger partial charge >= 0.3 is 8.60 Å². The van der Waals surface area contributed by atoms with Crippen molar-refractivity contribution in [1.29, 1.82) is 0 Å². The van der Waals surface area contributed by atoms with Gasteiger partial charge in [0.15, 0.2) is 5.78 Å². The van der Waals surface area contributed by atoms with E-state index in [9.17, 15) is 14.9 Å². The lowest BCUT2D eigenvalue weighted by atomic mass is 10.1. The molecule has 0 aliphatic rings. The summed E-state index contributed by atoms with van der Waals surface area (Å²) in [6, 6.07) is 12.4. The quantitative estimate of drug-likeness (QED) is 0.339. The van der Waals surface area contributed by atoms with E-state index in [1.807, 2.05) is 0 Å². The fourth-order valence-electron chi connectivity index (χ4n) is 1.90. The molecule has 0 radical (unpaired) electrons. The molecule has 8 heteroatoms. The molecule has 0 atom stereocenters. The number of carbonyl (C=O) groups excluding carboxylic acids is 1. The van der Waals surface area contributed by atoms with Crippen LogP contribution in [0.1, 0.15) is 11.1 Å². The maximum atomic E-state index is 11.9. The Hall–Kier alpha value is -2.86. The zero-order valence-electron chi connectivity index (χ0n) is 12.9. The zero-order chi connectivity index (χ0) is 18.2. The van der Waals surface area contributed by atoms with Gasteiger partial charge in [0.25, 0.3) is 5.69 Å². The minimum atomic E-state index is -2.54. The Morgan fingerprint density at radius 1 is 1.04 bits per heavy atom. The van der Waals surface area contributed by atoms with Crippen LogP contribution in [0.15, 0.2) is 60.7 Å². The van der Waals surface area contributed by atoms with E-state index in [4.69, 9.17) is 14.3 Å². The Labute approximate surface area is 144 Å². The highest BCUT2D eigenvalue weighted by Gasteiger charge is 2.06. The number of non-ortho nitro benzene ring substituents is 1. The molecule has 128 valence electrons. The van der Waals surface area contributed by atoms with Gasteiger partial charge in [0.2, 0.25) is 0 Å². The first-order valence-electron chi connectivity index (χ1n) is 7.05. The van der Waals surface area contributed by atoms with Gasteiger partial charge in [-0.1, -0.05) is 24.3 Å². The van der Waals surface area contributed by atoms with Gasteiger partial charge in [0.05, 0.1) is 4.92 Å². The largest absolute Gasteiger partial charge is 0.426 e. The Balaban J connectivity index is 2.04. The Kier molecular flexibility index (Phi) is 6.54. The average Bonchev–Trinajstić information content (AvgIpc) is 2.59. The fourth-order valence-corrected chi connectivity index (χ4v) is 2.24. The topological polar surface area (TPSA) is 110 Å². The number of hydrogen-bond donors (Lipinski definition) is 2. The third-order valence-corrected chi connectivity index (χ3v) is 3.43. The molecule has 0 aromatic heterocycles. The maximum absolute atomic E-state index is 11.9. The number of hydrogen-bond acceptors (Lipinski definition) is 6.